The fraction of sp³-hybridized carbons (Fsp3) is 0.500. The van der Waals surface area contributed by atoms with Crippen molar-refractivity contribution in [3.8, 4) is 0 Å². The fourth-order valence-corrected chi connectivity index (χ4v) is 3.30. The second-order valence-electron chi connectivity index (χ2n) is 6.14. The van der Waals surface area contributed by atoms with E-state index in [-0.39, 0.29) is 6.04 Å². The van der Waals surface area contributed by atoms with Crippen LogP contribution in [-0.4, -0.2) is 37.9 Å². The SMILES string of the molecule is Cc1noc2ncnc(NC(c3nccn3C)C3CCOCC3)c12. The lowest BCUT2D eigenvalue weighted by atomic mass is 9.91. The van der Waals surface area contributed by atoms with Crippen LogP contribution in [0.25, 0.3) is 11.1 Å². The number of imidazole rings is 1. The summed E-state index contributed by atoms with van der Waals surface area (Å²) in [4.78, 5) is 13.1. The quantitative estimate of drug-likeness (QED) is 0.785. The highest BCUT2D eigenvalue weighted by Gasteiger charge is 2.29. The molecular weight excluding hydrogens is 308 g/mol. The molecule has 4 rings (SSSR count). The molecule has 1 aliphatic rings. The molecule has 126 valence electrons. The standard InChI is InChI=1S/C16H20N6O2/c1-10-12-14(18-9-19-16(12)24-21-10)20-13(11-3-7-23-8-4-11)15-17-5-6-22(15)2/h5-6,9,11,13H,3-4,7-8H2,1-2H3,(H,18,19,20). The van der Waals surface area contributed by atoms with Crippen LogP contribution in [0, 0.1) is 12.8 Å². The topological polar surface area (TPSA) is 90.9 Å². The Morgan fingerprint density at radius 3 is 2.83 bits per heavy atom. The summed E-state index contributed by atoms with van der Waals surface area (Å²) < 4.78 is 12.8. The lowest BCUT2D eigenvalue weighted by molar-refractivity contribution is 0.0594. The van der Waals surface area contributed by atoms with Crippen LogP contribution < -0.4 is 5.32 Å². The third-order valence-electron chi connectivity index (χ3n) is 4.61. The van der Waals surface area contributed by atoms with E-state index < -0.39 is 0 Å². The zero-order valence-electron chi connectivity index (χ0n) is 13.8. The van der Waals surface area contributed by atoms with Crippen molar-refractivity contribution < 1.29 is 9.26 Å². The van der Waals surface area contributed by atoms with E-state index in [1.165, 1.54) is 6.33 Å². The first-order valence-corrected chi connectivity index (χ1v) is 8.12. The molecule has 1 fully saturated rings. The van der Waals surface area contributed by atoms with Gasteiger partial charge in [0.25, 0.3) is 5.71 Å². The zero-order valence-corrected chi connectivity index (χ0v) is 13.8. The number of aryl methyl sites for hydroxylation is 2. The molecule has 1 N–H and O–H groups in total. The van der Waals surface area contributed by atoms with Crippen molar-refractivity contribution in [3.63, 3.8) is 0 Å². The molecule has 4 heterocycles. The number of hydrogen-bond acceptors (Lipinski definition) is 7. The molecule has 0 aromatic carbocycles. The average molecular weight is 328 g/mol. The van der Waals surface area contributed by atoms with Crippen LogP contribution in [0.5, 0.6) is 0 Å². The second-order valence-corrected chi connectivity index (χ2v) is 6.14. The van der Waals surface area contributed by atoms with Gasteiger partial charge in [-0.15, -0.1) is 0 Å². The van der Waals surface area contributed by atoms with Crippen molar-refractivity contribution >= 4 is 16.9 Å². The summed E-state index contributed by atoms with van der Waals surface area (Å²) in [6.07, 6.45) is 7.25. The van der Waals surface area contributed by atoms with Gasteiger partial charge in [0.2, 0.25) is 0 Å². The van der Waals surface area contributed by atoms with Crippen molar-refractivity contribution in [2.45, 2.75) is 25.8 Å². The molecular formula is C16H20N6O2. The number of anilines is 1. The largest absolute Gasteiger partial charge is 0.381 e. The lowest BCUT2D eigenvalue weighted by Gasteiger charge is -2.31. The highest BCUT2D eigenvalue weighted by molar-refractivity contribution is 5.87. The first kappa shape index (κ1) is 15.1. The van der Waals surface area contributed by atoms with E-state index in [1.54, 1.807) is 0 Å². The van der Waals surface area contributed by atoms with Crippen molar-refractivity contribution in [2.75, 3.05) is 18.5 Å². The molecule has 1 saturated heterocycles. The van der Waals surface area contributed by atoms with E-state index in [1.807, 2.05) is 30.9 Å². The van der Waals surface area contributed by atoms with Gasteiger partial charge in [-0.1, -0.05) is 5.16 Å². The molecule has 3 aromatic heterocycles. The van der Waals surface area contributed by atoms with Gasteiger partial charge in [-0.05, 0) is 25.7 Å². The molecule has 0 aliphatic carbocycles. The minimum atomic E-state index is 0.0429. The summed E-state index contributed by atoms with van der Waals surface area (Å²) >= 11 is 0. The Morgan fingerprint density at radius 2 is 2.08 bits per heavy atom. The molecule has 3 aromatic rings. The maximum atomic E-state index is 5.52. The third kappa shape index (κ3) is 2.62. The Morgan fingerprint density at radius 1 is 1.25 bits per heavy atom. The van der Waals surface area contributed by atoms with E-state index in [9.17, 15) is 0 Å². The number of ether oxygens (including phenoxy) is 1. The van der Waals surface area contributed by atoms with Gasteiger partial charge in [0.1, 0.15) is 23.4 Å². The Labute approximate surface area is 139 Å². The van der Waals surface area contributed by atoms with Crippen LogP contribution in [-0.2, 0) is 11.8 Å². The number of fused-ring (bicyclic) bond motifs is 1. The van der Waals surface area contributed by atoms with Crippen molar-refractivity contribution in [2.24, 2.45) is 13.0 Å². The minimum Gasteiger partial charge on any atom is -0.381 e. The number of hydrogen-bond donors (Lipinski definition) is 1. The fourth-order valence-electron chi connectivity index (χ4n) is 3.30. The molecule has 8 heteroatoms. The molecule has 0 spiro atoms. The molecule has 1 atom stereocenters. The smallest absolute Gasteiger partial charge is 0.263 e. The summed E-state index contributed by atoms with van der Waals surface area (Å²) in [5.41, 5.74) is 1.27. The number of nitrogens with zero attached hydrogens (tertiary/aromatic N) is 5. The maximum Gasteiger partial charge on any atom is 0.263 e. The minimum absolute atomic E-state index is 0.0429. The van der Waals surface area contributed by atoms with Crippen molar-refractivity contribution in [1.29, 1.82) is 0 Å². The average Bonchev–Trinajstić information content (AvgIpc) is 3.20. The van der Waals surface area contributed by atoms with Gasteiger partial charge in [0.15, 0.2) is 0 Å². The van der Waals surface area contributed by atoms with E-state index in [0.29, 0.717) is 11.6 Å². The number of aromatic nitrogens is 5. The first-order chi connectivity index (χ1) is 11.7. The summed E-state index contributed by atoms with van der Waals surface area (Å²) in [5, 5.41) is 8.39. The van der Waals surface area contributed by atoms with Crippen LogP contribution >= 0.6 is 0 Å². The summed E-state index contributed by atoms with van der Waals surface area (Å²) in [5.74, 6) is 2.14. The van der Waals surface area contributed by atoms with Gasteiger partial charge in [0.05, 0.1) is 11.7 Å². The summed E-state index contributed by atoms with van der Waals surface area (Å²) in [6.45, 7) is 3.45. The zero-order chi connectivity index (χ0) is 16.5. The summed E-state index contributed by atoms with van der Waals surface area (Å²) in [6, 6.07) is 0.0429. The predicted octanol–water partition coefficient (Wildman–Crippen LogP) is 2.24. The van der Waals surface area contributed by atoms with E-state index in [2.05, 4.69) is 25.4 Å². The third-order valence-corrected chi connectivity index (χ3v) is 4.61. The van der Waals surface area contributed by atoms with Crippen molar-refractivity contribution in [3.05, 3.63) is 30.2 Å². The lowest BCUT2D eigenvalue weighted by Crippen LogP contribution is -2.29. The molecule has 1 unspecified atom stereocenters. The molecule has 1 aliphatic heterocycles. The molecule has 0 radical (unpaired) electrons. The van der Waals surface area contributed by atoms with Gasteiger partial charge >= 0.3 is 0 Å². The monoisotopic (exact) mass is 328 g/mol. The highest BCUT2D eigenvalue weighted by Crippen LogP contribution is 2.34. The van der Waals surface area contributed by atoms with Gasteiger partial charge in [-0.2, -0.15) is 4.98 Å². The van der Waals surface area contributed by atoms with Crippen LogP contribution in [0.3, 0.4) is 0 Å². The molecule has 24 heavy (non-hydrogen) atoms. The van der Waals surface area contributed by atoms with Crippen LogP contribution in [0.1, 0.15) is 30.4 Å². The number of rotatable bonds is 4. The Balaban J connectivity index is 1.73. The molecule has 0 amide bonds. The van der Waals surface area contributed by atoms with Gasteiger partial charge in [0, 0.05) is 32.7 Å². The molecule has 0 bridgehead atoms. The van der Waals surface area contributed by atoms with Crippen molar-refractivity contribution in [1.82, 2.24) is 24.7 Å². The van der Waals surface area contributed by atoms with Crippen LogP contribution in [0.4, 0.5) is 5.82 Å². The highest BCUT2D eigenvalue weighted by atomic mass is 16.5. The predicted molar refractivity (Wildman–Crippen MR) is 87.5 cm³/mol. The van der Waals surface area contributed by atoms with Gasteiger partial charge < -0.3 is 19.1 Å². The molecule has 0 saturated carbocycles. The van der Waals surface area contributed by atoms with Gasteiger partial charge in [-0.3, -0.25) is 0 Å². The van der Waals surface area contributed by atoms with Gasteiger partial charge in [-0.25, -0.2) is 9.97 Å². The normalized spacial score (nSPS) is 17.2. The van der Waals surface area contributed by atoms with Crippen LogP contribution in [0.15, 0.2) is 23.2 Å². The number of nitrogens with one attached hydrogen (secondary N) is 1. The van der Waals surface area contributed by atoms with E-state index >= 15 is 0 Å². The molecule has 8 nitrogen and oxygen atoms in total. The van der Waals surface area contributed by atoms with E-state index in [0.717, 1.165) is 48.8 Å². The van der Waals surface area contributed by atoms with Crippen LogP contribution in [0.2, 0.25) is 0 Å². The van der Waals surface area contributed by atoms with E-state index in [4.69, 9.17) is 9.26 Å². The Hall–Kier alpha value is -2.48. The Kier molecular flexibility index (Phi) is 3.89. The first-order valence-electron chi connectivity index (χ1n) is 8.12. The second kappa shape index (κ2) is 6.20. The summed E-state index contributed by atoms with van der Waals surface area (Å²) in [7, 11) is 2.01. The maximum absolute atomic E-state index is 5.52. The Bertz CT molecular complexity index is 836.